The van der Waals surface area contributed by atoms with E-state index in [0.29, 0.717) is 13.1 Å². The van der Waals surface area contributed by atoms with Gasteiger partial charge in [0.15, 0.2) is 5.82 Å². The number of nitrogens with zero attached hydrogens (tertiary/aromatic N) is 3. The average Bonchev–Trinajstić information content (AvgIpc) is 3.19. The molecule has 160 valence electrons. The van der Waals surface area contributed by atoms with Crippen molar-refractivity contribution in [2.45, 2.75) is 19.0 Å². The smallest absolute Gasteiger partial charge is 0.335 e. The third-order valence-corrected chi connectivity index (χ3v) is 5.54. The van der Waals surface area contributed by atoms with Gasteiger partial charge in [0.1, 0.15) is 5.82 Å². The summed E-state index contributed by atoms with van der Waals surface area (Å²) in [6, 6.07) is 7.40. The molecule has 1 fully saturated rings. The van der Waals surface area contributed by atoms with E-state index in [1.54, 1.807) is 4.90 Å². The lowest BCUT2D eigenvalue weighted by molar-refractivity contribution is 0.0696. The molecule has 1 N–H and O–H groups in total. The van der Waals surface area contributed by atoms with Crippen molar-refractivity contribution in [1.29, 1.82) is 0 Å². The van der Waals surface area contributed by atoms with Crippen molar-refractivity contribution in [2.24, 2.45) is 0 Å². The Morgan fingerprint density at radius 1 is 1.23 bits per heavy atom. The second kappa shape index (κ2) is 8.97. The minimum atomic E-state index is -1.26. The Morgan fingerprint density at radius 2 is 1.97 bits per heavy atom. The zero-order valence-corrected chi connectivity index (χ0v) is 17.4. The molecule has 1 aliphatic rings. The molecular formula is C21H22ClF2N3O3. The molecule has 0 aliphatic carbocycles. The molecule has 2 aromatic rings. The summed E-state index contributed by atoms with van der Waals surface area (Å²) in [4.78, 5) is 29.1. The summed E-state index contributed by atoms with van der Waals surface area (Å²) in [5, 5.41) is 8.87. The first-order valence-electron chi connectivity index (χ1n) is 9.37. The highest BCUT2D eigenvalue weighted by atomic mass is 35.5. The fourth-order valence-corrected chi connectivity index (χ4v) is 3.61. The van der Waals surface area contributed by atoms with E-state index in [0.717, 1.165) is 17.4 Å². The van der Waals surface area contributed by atoms with Crippen LogP contribution >= 0.6 is 11.6 Å². The third kappa shape index (κ3) is 4.55. The minimum absolute atomic E-state index is 0.0658. The van der Waals surface area contributed by atoms with Gasteiger partial charge in [0, 0.05) is 24.7 Å². The maximum absolute atomic E-state index is 14.8. The number of benzene rings is 2. The number of likely N-dealkylation sites (tertiary alicyclic amines) is 1. The first-order chi connectivity index (χ1) is 14.2. The number of aromatic carboxylic acids is 1. The maximum atomic E-state index is 14.8. The van der Waals surface area contributed by atoms with Gasteiger partial charge < -0.3 is 14.9 Å². The van der Waals surface area contributed by atoms with Gasteiger partial charge in [0.2, 0.25) is 0 Å². The number of anilines is 1. The van der Waals surface area contributed by atoms with Crippen molar-refractivity contribution >= 4 is 29.3 Å². The van der Waals surface area contributed by atoms with E-state index in [2.05, 4.69) is 0 Å². The second-order valence-corrected chi connectivity index (χ2v) is 7.81. The van der Waals surface area contributed by atoms with Crippen LogP contribution in [0, 0.1) is 11.6 Å². The van der Waals surface area contributed by atoms with E-state index < -0.39 is 23.6 Å². The van der Waals surface area contributed by atoms with Gasteiger partial charge in [-0.15, -0.1) is 0 Å². The first kappa shape index (κ1) is 22.0. The molecule has 0 saturated carbocycles. The summed E-state index contributed by atoms with van der Waals surface area (Å²) in [7, 11) is 3.85. The Kier molecular flexibility index (Phi) is 6.58. The Balaban J connectivity index is 1.95. The predicted molar refractivity (Wildman–Crippen MR) is 110 cm³/mol. The SMILES string of the molecule is CN(C)C1CCN(C(=O)N(Cc2ccc(C(=O)O)cc2F)c2cccc(Cl)c2F)C1. The largest absolute Gasteiger partial charge is 0.478 e. The Labute approximate surface area is 178 Å². The number of rotatable bonds is 5. The molecule has 1 atom stereocenters. The highest BCUT2D eigenvalue weighted by Crippen LogP contribution is 2.29. The molecule has 1 saturated heterocycles. The van der Waals surface area contributed by atoms with Gasteiger partial charge in [-0.2, -0.15) is 0 Å². The minimum Gasteiger partial charge on any atom is -0.478 e. The van der Waals surface area contributed by atoms with E-state index >= 15 is 0 Å². The fourth-order valence-electron chi connectivity index (χ4n) is 3.44. The summed E-state index contributed by atoms with van der Waals surface area (Å²) in [6.07, 6.45) is 0.770. The van der Waals surface area contributed by atoms with Crippen LogP contribution in [0.3, 0.4) is 0 Å². The zero-order valence-electron chi connectivity index (χ0n) is 16.6. The number of likely N-dealkylation sites (N-methyl/N-ethyl adjacent to an activating group) is 1. The van der Waals surface area contributed by atoms with Crippen molar-refractivity contribution < 1.29 is 23.5 Å². The highest BCUT2D eigenvalue weighted by molar-refractivity contribution is 6.31. The first-order valence-corrected chi connectivity index (χ1v) is 9.75. The van der Waals surface area contributed by atoms with Gasteiger partial charge in [-0.25, -0.2) is 18.4 Å². The molecule has 0 radical (unpaired) electrons. The molecule has 6 nitrogen and oxygen atoms in total. The van der Waals surface area contributed by atoms with E-state index in [1.165, 1.54) is 30.3 Å². The Morgan fingerprint density at radius 3 is 2.57 bits per heavy atom. The van der Waals surface area contributed by atoms with Crippen LogP contribution in [0.2, 0.25) is 5.02 Å². The quantitative estimate of drug-likeness (QED) is 0.765. The molecule has 2 aromatic carbocycles. The van der Waals surface area contributed by atoms with Gasteiger partial charge in [-0.05, 0) is 44.8 Å². The lowest BCUT2D eigenvalue weighted by Gasteiger charge is -2.29. The number of hydrogen-bond acceptors (Lipinski definition) is 3. The van der Waals surface area contributed by atoms with Crippen molar-refractivity contribution in [3.8, 4) is 0 Å². The lowest BCUT2D eigenvalue weighted by atomic mass is 10.1. The third-order valence-electron chi connectivity index (χ3n) is 5.25. The number of urea groups is 1. The molecule has 1 unspecified atom stereocenters. The predicted octanol–water partition coefficient (Wildman–Crippen LogP) is 4.08. The van der Waals surface area contributed by atoms with Crippen LogP contribution in [0.5, 0.6) is 0 Å². The number of hydrogen-bond donors (Lipinski definition) is 1. The number of amides is 2. The number of carbonyl (C=O) groups is 2. The van der Waals surface area contributed by atoms with Crippen LogP contribution in [0.25, 0.3) is 0 Å². The molecule has 0 aromatic heterocycles. The van der Waals surface area contributed by atoms with Crippen LogP contribution in [0.15, 0.2) is 36.4 Å². The number of carboxylic acids is 1. The van der Waals surface area contributed by atoms with Crippen molar-refractivity contribution in [3.05, 3.63) is 64.2 Å². The van der Waals surface area contributed by atoms with E-state index in [4.69, 9.17) is 16.7 Å². The zero-order chi connectivity index (χ0) is 22.0. The number of carbonyl (C=O) groups excluding carboxylic acids is 1. The van der Waals surface area contributed by atoms with Crippen molar-refractivity contribution in [1.82, 2.24) is 9.80 Å². The summed E-state index contributed by atoms with van der Waals surface area (Å²) in [5.74, 6) is -2.83. The molecule has 0 spiro atoms. The summed E-state index contributed by atoms with van der Waals surface area (Å²) in [5.41, 5.74) is -0.213. The highest BCUT2D eigenvalue weighted by Gasteiger charge is 2.32. The van der Waals surface area contributed by atoms with E-state index in [9.17, 15) is 18.4 Å². The molecule has 0 bridgehead atoms. The van der Waals surface area contributed by atoms with Crippen LogP contribution < -0.4 is 4.90 Å². The van der Waals surface area contributed by atoms with Crippen LogP contribution in [-0.2, 0) is 6.54 Å². The molecule has 2 amide bonds. The Bertz CT molecular complexity index is 971. The molecule has 3 rings (SSSR count). The van der Waals surface area contributed by atoms with Crippen LogP contribution in [0.4, 0.5) is 19.3 Å². The fraction of sp³-hybridized carbons (Fsp3) is 0.333. The van der Waals surface area contributed by atoms with E-state index in [-0.39, 0.29) is 34.4 Å². The van der Waals surface area contributed by atoms with Crippen molar-refractivity contribution in [2.75, 3.05) is 32.1 Å². The van der Waals surface area contributed by atoms with Crippen LogP contribution in [0.1, 0.15) is 22.3 Å². The standard InChI is InChI=1S/C21H22ClF2N3O3/c1-25(2)15-8-9-26(12-15)21(30)27(18-5-3-4-16(22)19(18)24)11-14-7-6-13(20(28)29)10-17(14)23/h3-7,10,15H,8-9,11-12H2,1-2H3,(H,28,29). The summed E-state index contributed by atoms with van der Waals surface area (Å²) >= 11 is 5.90. The molecular weight excluding hydrogens is 416 g/mol. The topological polar surface area (TPSA) is 64.1 Å². The van der Waals surface area contributed by atoms with Crippen molar-refractivity contribution in [3.63, 3.8) is 0 Å². The normalized spacial score (nSPS) is 16.2. The lowest BCUT2D eigenvalue weighted by Crippen LogP contribution is -2.43. The molecule has 1 heterocycles. The second-order valence-electron chi connectivity index (χ2n) is 7.41. The molecule has 9 heteroatoms. The summed E-state index contributed by atoms with van der Waals surface area (Å²) in [6.45, 7) is 0.677. The van der Waals surface area contributed by atoms with Crippen LogP contribution in [-0.4, -0.2) is 60.1 Å². The number of halogens is 3. The average molecular weight is 438 g/mol. The molecule has 30 heavy (non-hydrogen) atoms. The van der Waals surface area contributed by atoms with Gasteiger partial charge in [-0.3, -0.25) is 4.90 Å². The summed E-state index contributed by atoms with van der Waals surface area (Å²) < 4.78 is 29.3. The molecule has 1 aliphatic heterocycles. The van der Waals surface area contributed by atoms with Gasteiger partial charge in [0.25, 0.3) is 0 Å². The number of carboxylic acid groups (broad SMARTS) is 1. The maximum Gasteiger partial charge on any atom is 0.335 e. The Hall–Kier alpha value is -2.71. The van der Waals surface area contributed by atoms with Gasteiger partial charge in [-0.1, -0.05) is 23.7 Å². The van der Waals surface area contributed by atoms with Gasteiger partial charge in [0.05, 0.1) is 22.8 Å². The monoisotopic (exact) mass is 437 g/mol. The van der Waals surface area contributed by atoms with E-state index in [1.807, 2.05) is 19.0 Å². The van der Waals surface area contributed by atoms with Gasteiger partial charge >= 0.3 is 12.0 Å².